The lowest BCUT2D eigenvalue weighted by atomic mass is 10.0. The molecule has 0 unspecified atom stereocenters. The molecule has 0 bridgehead atoms. The number of rotatable bonds is 5. The standard InChI is InChI=1S/C13H16O4/c1-3-17-13(15)9-11-7-5-4-6-10(11)8-12(14)16-2/h4-7H,3,8-9H2,1-2H3. The first-order valence-corrected chi connectivity index (χ1v) is 5.46. The van der Waals surface area contributed by atoms with Crippen LogP contribution in [0.1, 0.15) is 18.1 Å². The molecule has 1 rings (SSSR count). The van der Waals surface area contributed by atoms with Gasteiger partial charge in [0.2, 0.25) is 0 Å². The molecule has 0 aliphatic heterocycles. The maximum atomic E-state index is 11.4. The second-order valence-electron chi connectivity index (χ2n) is 3.50. The van der Waals surface area contributed by atoms with Gasteiger partial charge in [0.05, 0.1) is 26.6 Å². The van der Waals surface area contributed by atoms with E-state index in [1.807, 2.05) is 24.3 Å². The Morgan fingerprint density at radius 3 is 2.06 bits per heavy atom. The van der Waals surface area contributed by atoms with E-state index in [-0.39, 0.29) is 24.8 Å². The summed E-state index contributed by atoms with van der Waals surface area (Å²) in [5.74, 6) is -0.605. The van der Waals surface area contributed by atoms with Crippen LogP contribution in [0, 0.1) is 0 Å². The predicted molar refractivity (Wildman–Crippen MR) is 62.5 cm³/mol. The highest BCUT2D eigenvalue weighted by atomic mass is 16.5. The van der Waals surface area contributed by atoms with E-state index in [0.29, 0.717) is 6.61 Å². The van der Waals surface area contributed by atoms with E-state index in [1.165, 1.54) is 7.11 Å². The van der Waals surface area contributed by atoms with Gasteiger partial charge in [-0.3, -0.25) is 9.59 Å². The summed E-state index contributed by atoms with van der Waals surface area (Å²) < 4.78 is 9.48. The van der Waals surface area contributed by atoms with Gasteiger partial charge in [-0.2, -0.15) is 0 Å². The number of carbonyl (C=O) groups is 2. The summed E-state index contributed by atoms with van der Waals surface area (Å²) in [6, 6.07) is 7.28. The zero-order chi connectivity index (χ0) is 12.7. The number of ether oxygens (including phenoxy) is 2. The monoisotopic (exact) mass is 236 g/mol. The third-order valence-corrected chi connectivity index (χ3v) is 2.32. The van der Waals surface area contributed by atoms with Gasteiger partial charge in [0.25, 0.3) is 0 Å². The molecule has 0 atom stereocenters. The molecular weight excluding hydrogens is 220 g/mol. The van der Waals surface area contributed by atoms with E-state index in [4.69, 9.17) is 4.74 Å². The van der Waals surface area contributed by atoms with E-state index in [9.17, 15) is 9.59 Å². The van der Waals surface area contributed by atoms with E-state index < -0.39 is 0 Å². The SMILES string of the molecule is CCOC(=O)Cc1ccccc1CC(=O)OC. The Bertz CT molecular complexity index is 398. The minimum atomic E-state index is -0.318. The van der Waals surface area contributed by atoms with Gasteiger partial charge in [0.15, 0.2) is 0 Å². The fourth-order valence-corrected chi connectivity index (χ4v) is 1.50. The Hall–Kier alpha value is -1.84. The summed E-state index contributed by atoms with van der Waals surface area (Å²) >= 11 is 0. The van der Waals surface area contributed by atoms with Gasteiger partial charge in [0.1, 0.15) is 0 Å². The molecule has 0 aliphatic rings. The first-order chi connectivity index (χ1) is 8.17. The van der Waals surface area contributed by atoms with Crippen molar-refractivity contribution in [2.45, 2.75) is 19.8 Å². The van der Waals surface area contributed by atoms with Crippen LogP contribution in [0.15, 0.2) is 24.3 Å². The number of hydrogen-bond donors (Lipinski definition) is 0. The van der Waals surface area contributed by atoms with Gasteiger partial charge in [-0.05, 0) is 18.1 Å². The average molecular weight is 236 g/mol. The zero-order valence-electron chi connectivity index (χ0n) is 10.1. The molecule has 0 saturated carbocycles. The highest BCUT2D eigenvalue weighted by Crippen LogP contribution is 2.11. The minimum Gasteiger partial charge on any atom is -0.469 e. The van der Waals surface area contributed by atoms with Crippen molar-refractivity contribution in [1.82, 2.24) is 0 Å². The average Bonchev–Trinajstić information content (AvgIpc) is 2.31. The highest BCUT2D eigenvalue weighted by Gasteiger charge is 2.11. The zero-order valence-corrected chi connectivity index (χ0v) is 10.1. The van der Waals surface area contributed by atoms with E-state index in [0.717, 1.165) is 11.1 Å². The molecule has 0 amide bonds. The maximum Gasteiger partial charge on any atom is 0.310 e. The van der Waals surface area contributed by atoms with Crippen molar-refractivity contribution < 1.29 is 19.1 Å². The molecule has 0 aromatic heterocycles. The molecule has 92 valence electrons. The van der Waals surface area contributed by atoms with Crippen molar-refractivity contribution in [3.63, 3.8) is 0 Å². The van der Waals surface area contributed by atoms with Crippen LogP contribution in [0.2, 0.25) is 0 Å². The Kier molecular flexibility index (Phi) is 5.20. The van der Waals surface area contributed by atoms with Crippen LogP contribution in [0.25, 0.3) is 0 Å². The Morgan fingerprint density at radius 1 is 1.06 bits per heavy atom. The molecular formula is C13H16O4. The van der Waals surface area contributed by atoms with E-state index >= 15 is 0 Å². The molecule has 0 saturated heterocycles. The summed E-state index contributed by atoms with van der Waals surface area (Å²) in [6.07, 6.45) is 0.354. The van der Waals surface area contributed by atoms with Crippen LogP contribution in [0.5, 0.6) is 0 Å². The highest BCUT2D eigenvalue weighted by molar-refractivity contribution is 5.76. The number of benzene rings is 1. The van der Waals surface area contributed by atoms with Crippen molar-refractivity contribution in [2.24, 2.45) is 0 Å². The Labute approximate surface area is 101 Å². The van der Waals surface area contributed by atoms with Crippen molar-refractivity contribution in [3.8, 4) is 0 Å². The second-order valence-corrected chi connectivity index (χ2v) is 3.50. The quantitative estimate of drug-likeness (QED) is 0.727. The van der Waals surface area contributed by atoms with Crippen LogP contribution in [0.4, 0.5) is 0 Å². The summed E-state index contributed by atoms with van der Waals surface area (Å²) in [4.78, 5) is 22.6. The third kappa shape index (κ3) is 4.26. The van der Waals surface area contributed by atoms with Gasteiger partial charge < -0.3 is 9.47 Å². The van der Waals surface area contributed by atoms with Crippen molar-refractivity contribution >= 4 is 11.9 Å². The van der Waals surface area contributed by atoms with Crippen LogP contribution in [-0.4, -0.2) is 25.7 Å². The lowest BCUT2D eigenvalue weighted by Crippen LogP contribution is -2.12. The van der Waals surface area contributed by atoms with Gasteiger partial charge in [-0.25, -0.2) is 0 Å². The number of esters is 2. The van der Waals surface area contributed by atoms with E-state index in [1.54, 1.807) is 6.92 Å². The van der Waals surface area contributed by atoms with Crippen LogP contribution < -0.4 is 0 Å². The fraction of sp³-hybridized carbons (Fsp3) is 0.385. The normalized spacial score (nSPS) is 9.76. The lowest BCUT2D eigenvalue weighted by molar-refractivity contribution is -0.142. The molecule has 1 aromatic rings. The van der Waals surface area contributed by atoms with Crippen LogP contribution >= 0.6 is 0 Å². The molecule has 0 N–H and O–H groups in total. The Morgan fingerprint density at radius 2 is 1.59 bits per heavy atom. The smallest absolute Gasteiger partial charge is 0.310 e. The van der Waals surface area contributed by atoms with Gasteiger partial charge >= 0.3 is 11.9 Å². The summed E-state index contributed by atoms with van der Waals surface area (Å²) in [5.41, 5.74) is 1.60. The summed E-state index contributed by atoms with van der Waals surface area (Å²) in [6.45, 7) is 2.12. The lowest BCUT2D eigenvalue weighted by Gasteiger charge is -2.08. The molecule has 17 heavy (non-hydrogen) atoms. The van der Waals surface area contributed by atoms with Crippen LogP contribution in [0.3, 0.4) is 0 Å². The predicted octanol–water partition coefficient (Wildman–Crippen LogP) is 1.51. The number of carbonyl (C=O) groups excluding carboxylic acids is 2. The Balaban J connectivity index is 2.77. The molecule has 0 heterocycles. The molecule has 4 heteroatoms. The first kappa shape index (κ1) is 13.2. The van der Waals surface area contributed by atoms with Gasteiger partial charge in [-0.15, -0.1) is 0 Å². The number of methoxy groups -OCH3 is 1. The van der Waals surface area contributed by atoms with Crippen molar-refractivity contribution in [3.05, 3.63) is 35.4 Å². The number of hydrogen-bond acceptors (Lipinski definition) is 4. The molecule has 0 fully saturated rings. The van der Waals surface area contributed by atoms with Crippen molar-refractivity contribution in [2.75, 3.05) is 13.7 Å². The van der Waals surface area contributed by atoms with Gasteiger partial charge in [0, 0.05) is 0 Å². The summed E-state index contributed by atoms with van der Waals surface area (Å²) in [5, 5.41) is 0. The molecule has 4 nitrogen and oxygen atoms in total. The molecule has 0 radical (unpaired) electrons. The topological polar surface area (TPSA) is 52.6 Å². The first-order valence-electron chi connectivity index (χ1n) is 5.46. The van der Waals surface area contributed by atoms with Crippen molar-refractivity contribution in [1.29, 1.82) is 0 Å². The largest absolute Gasteiger partial charge is 0.469 e. The van der Waals surface area contributed by atoms with Crippen LogP contribution in [-0.2, 0) is 31.9 Å². The molecule has 0 spiro atoms. The van der Waals surface area contributed by atoms with E-state index in [2.05, 4.69) is 4.74 Å². The maximum absolute atomic E-state index is 11.4. The minimum absolute atomic E-state index is 0.173. The molecule has 0 aliphatic carbocycles. The van der Waals surface area contributed by atoms with Gasteiger partial charge in [-0.1, -0.05) is 24.3 Å². The molecule has 1 aromatic carbocycles. The fourth-order valence-electron chi connectivity index (χ4n) is 1.50. The summed E-state index contributed by atoms with van der Waals surface area (Å²) in [7, 11) is 1.34. The third-order valence-electron chi connectivity index (χ3n) is 2.32. The second kappa shape index (κ2) is 6.68.